The quantitative estimate of drug-likeness (QED) is 0.864. The molecule has 1 heterocycles. The average molecular weight is 341 g/mol. The molecule has 2 rings (SSSR count). The van der Waals surface area contributed by atoms with Gasteiger partial charge >= 0.3 is 12.0 Å². The van der Waals surface area contributed by atoms with Crippen LogP contribution < -0.4 is 5.32 Å². The Morgan fingerprint density at radius 2 is 1.80 bits per heavy atom. The maximum atomic E-state index is 12.2. The second kappa shape index (κ2) is 6.74. The van der Waals surface area contributed by atoms with E-state index in [4.69, 9.17) is 5.11 Å². The van der Waals surface area contributed by atoms with E-state index in [-0.39, 0.29) is 11.6 Å². The fourth-order valence-electron chi connectivity index (χ4n) is 2.22. The first-order valence-corrected chi connectivity index (χ1v) is 7.46. The number of amides is 2. The fraction of sp³-hybridized carbons (Fsp3) is 0.429. The second-order valence-electron chi connectivity index (χ2n) is 4.83. The number of carboxylic acids is 1. The van der Waals surface area contributed by atoms with E-state index in [1.807, 2.05) is 4.90 Å². The molecule has 2 amide bonds. The number of carboxylic acid groups (broad SMARTS) is 1. The molecule has 0 aromatic heterocycles. The van der Waals surface area contributed by atoms with Crippen molar-refractivity contribution >= 4 is 33.6 Å². The minimum Gasteiger partial charge on any atom is -0.478 e. The number of anilines is 1. The van der Waals surface area contributed by atoms with Crippen molar-refractivity contribution in [3.63, 3.8) is 0 Å². The molecule has 0 aliphatic carbocycles. The van der Waals surface area contributed by atoms with Crippen molar-refractivity contribution in [1.82, 2.24) is 4.90 Å². The van der Waals surface area contributed by atoms with E-state index in [1.54, 1.807) is 6.07 Å². The van der Waals surface area contributed by atoms with Crippen molar-refractivity contribution in [2.24, 2.45) is 0 Å². The fourth-order valence-corrected chi connectivity index (χ4v) is 2.70. The average Bonchev–Trinajstić information content (AvgIpc) is 2.69. The summed E-state index contributed by atoms with van der Waals surface area (Å²) in [6, 6.07) is 4.44. The molecule has 1 aliphatic heterocycles. The molecule has 0 spiro atoms. The van der Waals surface area contributed by atoms with Crippen molar-refractivity contribution in [1.29, 1.82) is 0 Å². The van der Waals surface area contributed by atoms with Crippen LogP contribution in [0.2, 0.25) is 0 Å². The Bertz CT molecular complexity index is 511. The first-order chi connectivity index (χ1) is 9.58. The third-order valence-corrected chi connectivity index (χ3v) is 4.01. The number of hydrogen-bond acceptors (Lipinski definition) is 2. The number of likely N-dealkylation sites (tertiary alicyclic amines) is 1. The summed E-state index contributed by atoms with van der Waals surface area (Å²) in [5.41, 5.74) is 0.772. The normalized spacial score (nSPS) is 15.6. The molecule has 1 saturated heterocycles. The number of nitrogens with zero attached hydrogens (tertiary/aromatic N) is 1. The maximum absolute atomic E-state index is 12.2. The van der Waals surface area contributed by atoms with Crippen molar-refractivity contribution < 1.29 is 14.7 Å². The Hall–Kier alpha value is -1.56. The summed E-state index contributed by atoms with van der Waals surface area (Å²) in [5, 5.41) is 11.7. The van der Waals surface area contributed by atoms with E-state index in [0.717, 1.165) is 25.9 Å². The van der Waals surface area contributed by atoms with Crippen molar-refractivity contribution in [3.8, 4) is 0 Å². The number of nitrogens with one attached hydrogen (secondary N) is 1. The highest BCUT2D eigenvalue weighted by Gasteiger charge is 2.16. The van der Waals surface area contributed by atoms with Crippen LogP contribution in [0, 0.1) is 0 Å². The van der Waals surface area contributed by atoms with Crippen LogP contribution in [0.5, 0.6) is 0 Å². The smallest absolute Gasteiger partial charge is 0.335 e. The van der Waals surface area contributed by atoms with Gasteiger partial charge in [-0.3, -0.25) is 0 Å². The van der Waals surface area contributed by atoms with Gasteiger partial charge in [0.2, 0.25) is 0 Å². The molecule has 1 fully saturated rings. The summed E-state index contributed by atoms with van der Waals surface area (Å²) in [6.45, 7) is 1.55. The highest BCUT2D eigenvalue weighted by atomic mass is 79.9. The Labute approximate surface area is 126 Å². The number of carbonyl (C=O) groups is 2. The van der Waals surface area contributed by atoms with Crippen molar-refractivity contribution in [2.75, 3.05) is 18.4 Å². The van der Waals surface area contributed by atoms with E-state index in [2.05, 4.69) is 21.2 Å². The molecule has 0 saturated carbocycles. The zero-order valence-corrected chi connectivity index (χ0v) is 12.6. The van der Waals surface area contributed by atoms with Gasteiger partial charge < -0.3 is 15.3 Å². The number of carbonyl (C=O) groups excluding carboxylic acids is 1. The van der Waals surface area contributed by atoms with E-state index < -0.39 is 5.97 Å². The summed E-state index contributed by atoms with van der Waals surface area (Å²) in [4.78, 5) is 24.8. The maximum Gasteiger partial charge on any atom is 0.335 e. The zero-order valence-electron chi connectivity index (χ0n) is 11.1. The topological polar surface area (TPSA) is 69.6 Å². The lowest BCUT2D eigenvalue weighted by atomic mass is 10.2. The van der Waals surface area contributed by atoms with Crippen LogP contribution in [-0.2, 0) is 0 Å². The minimum absolute atomic E-state index is 0.129. The van der Waals surface area contributed by atoms with Crippen LogP contribution in [0.1, 0.15) is 36.0 Å². The van der Waals surface area contributed by atoms with Gasteiger partial charge in [0.05, 0.1) is 11.3 Å². The first-order valence-electron chi connectivity index (χ1n) is 6.66. The van der Waals surface area contributed by atoms with Gasteiger partial charge in [0.25, 0.3) is 0 Å². The number of hydrogen-bond donors (Lipinski definition) is 2. The second-order valence-corrected chi connectivity index (χ2v) is 5.69. The molecular formula is C14H17BrN2O3. The highest BCUT2D eigenvalue weighted by Crippen LogP contribution is 2.24. The van der Waals surface area contributed by atoms with Gasteiger partial charge in [-0.2, -0.15) is 0 Å². The van der Waals surface area contributed by atoms with Crippen LogP contribution in [-0.4, -0.2) is 35.1 Å². The lowest BCUT2D eigenvalue weighted by molar-refractivity contribution is 0.0697. The van der Waals surface area contributed by atoms with Crippen LogP contribution in [0.4, 0.5) is 10.5 Å². The third-order valence-electron chi connectivity index (χ3n) is 3.35. The zero-order chi connectivity index (χ0) is 14.5. The molecular weight excluding hydrogens is 324 g/mol. The number of rotatable bonds is 2. The lowest BCUT2D eigenvalue weighted by Gasteiger charge is -2.21. The number of benzene rings is 1. The molecule has 20 heavy (non-hydrogen) atoms. The van der Waals surface area contributed by atoms with Gasteiger partial charge in [-0.1, -0.05) is 12.8 Å². The number of urea groups is 1. The molecule has 6 heteroatoms. The van der Waals surface area contributed by atoms with E-state index in [1.165, 1.54) is 25.0 Å². The van der Waals surface area contributed by atoms with Gasteiger partial charge in [-0.25, -0.2) is 9.59 Å². The summed E-state index contributed by atoms with van der Waals surface area (Å²) < 4.78 is 0.570. The predicted octanol–water partition coefficient (Wildman–Crippen LogP) is 3.56. The molecule has 1 aromatic carbocycles. The van der Waals surface area contributed by atoms with Gasteiger partial charge in [0, 0.05) is 17.6 Å². The monoisotopic (exact) mass is 340 g/mol. The van der Waals surface area contributed by atoms with Crippen molar-refractivity contribution in [3.05, 3.63) is 28.2 Å². The largest absolute Gasteiger partial charge is 0.478 e. The van der Waals surface area contributed by atoms with Crippen LogP contribution in [0.15, 0.2) is 22.7 Å². The minimum atomic E-state index is -0.990. The van der Waals surface area contributed by atoms with Crippen LogP contribution in [0.3, 0.4) is 0 Å². The molecule has 0 atom stereocenters. The molecule has 0 radical (unpaired) electrons. The lowest BCUT2D eigenvalue weighted by Crippen LogP contribution is -2.35. The summed E-state index contributed by atoms with van der Waals surface area (Å²) >= 11 is 3.29. The predicted molar refractivity (Wildman–Crippen MR) is 80.2 cm³/mol. The summed E-state index contributed by atoms with van der Waals surface area (Å²) in [6.07, 6.45) is 4.40. The molecule has 1 aliphatic rings. The Kier molecular flexibility index (Phi) is 5.00. The molecule has 2 N–H and O–H groups in total. The van der Waals surface area contributed by atoms with E-state index in [0.29, 0.717) is 10.2 Å². The SMILES string of the molecule is O=C(O)c1ccc(NC(=O)N2CCCCCC2)c(Br)c1. The van der Waals surface area contributed by atoms with Crippen LogP contribution in [0.25, 0.3) is 0 Å². The van der Waals surface area contributed by atoms with E-state index >= 15 is 0 Å². The third kappa shape index (κ3) is 3.72. The van der Waals surface area contributed by atoms with Gasteiger partial charge in [-0.05, 0) is 47.0 Å². The van der Waals surface area contributed by atoms with Gasteiger partial charge in [0.1, 0.15) is 0 Å². The van der Waals surface area contributed by atoms with Gasteiger partial charge in [-0.15, -0.1) is 0 Å². The summed E-state index contributed by atoms with van der Waals surface area (Å²) in [5.74, 6) is -0.990. The van der Waals surface area contributed by atoms with E-state index in [9.17, 15) is 9.59 Å². The molecule has 0 bridgehead atoms. The molecule has 5 nitrogen and oxygen atoms in total. The van der Waals surface area contributed by atoms with Crippen LogP contribution >= 0.6 is 15.9 Å². The van der Waals surface area contributed by atoms with Crippen molar-refractivity contribution in [2.45, 2.75) is 25.7 Å². The Balaban J connectivity index is 2.05. The Morgan fingerprint density at radius 1 is 1.15 bits per heavy atom. The Morgan fingerprint density at radius 3 is 2.35 bits per heavy atom. The molecule has 0 unspecified atom stereocenters. The molecule has 108 valence electrons. The molecule has 1 aromatic rings. The summed E-state index contributed by atoms with van der Waals surface area (Å²) in [7, 11) is 0. The standard InChI is InChI=1S/C14H17BrN2O3/c15-11-9-10(13(18)19)5-6-12(11)16-14(20)17-7-3-1-2-4-8-17/h5-6,9H,1-4,7-8H2,(H,16,20)(H,18,19). The number of halogens is 1. The number of aromatic carboxylic acids is 1. The first kappa shape index (κ1) is 14.8. The van der Waals surface area contributed by atoms with Gasteiger partial charge in [0.15, 0.2) is 0 Å². The highest BCUT2D eigenvalue weighted by molar-refractivity contribution is 9.10.